The molecule has 0 saturated heterocycles. The van der Waals surface area contributed by atoms with Crippen molar-refractivity contribution in [3.8, 4) is 0 Å². The Kier molecular flexibility index (Phi) is 3.73. The van der Waals surface area contributed by atoms with Gasteiger partial charge in [0, 0.05) is 12.3 Å². The molecule has 1 aromatic rings. The monoisotopic (exact) mass is 218 g/mol. The summed E-state index contributed by atoms with van der Waals surface area (Å²) in [7, 11) is 0. The summed E-state index contributed by atoms with van der Waals surface area (Å²) in [5.74, 6) is -0.185. The third-order valence-corrected chi connectivity index (χ3v) is 1.63. The second-order valence-electron chi connectivity index (χ2n) is 3.09. The molecule has 0 bridgehead atoms. The molecule has 1 atom stereocenters. The van der Waals surface area contributed by atoms with Gasteiger partial charge in [-0.05, 0) is 6.92 Å². The van der Waals surface area contributed by atoms with Crippen LogP contribution in [0.1, 0.15) is 6.92 Å². The number of aromatic nitrogens is 2. The van der Waals surface area contributed by atoms with Gasteiger partial charge in [-0.1, -0.05) is 0 Å². The molecule has 1 heterocycles. The molecule has 0 unspecified atom stereocenters. The zero-order valence-corrected chi connectivity index (χ0v) is 8.15. The van der Waals surface area contributed by atoms with Crippen LogP contribution in [0.5, 0.6) is 0 Å². The summed E-state index contributed by atoms with van der Waals surface area (Å²) in [6.45, 7) is 1.03. The molecule has 84 valence electrons. The first-order chi connectivity index (χ1) is 6.99. The van der Waals surface area contributed by atoms with E-state index in [9.17, 15) is 13.6 Å². The van der Waals surface area contributed by atoms with Crippen LogP contribution in [-0.4, -0.2) is 28.2 Å². The minimum Gasteiger partial charge on any atom is -0.320 e. The summed E-state index contributed by atoms with van der Waals surface area (Å²) in [4.78, 5) is 11.1. The number of carbonyl (C=O) groups excluding carboxylic acids is 1. The minimum atomic E-state index is -2.47. The highest BCUT2D eigenvalue weighted by molar-refractivity contribution is 5.93. The second kappa shape index (κ2) is 4.83. The van der Waals surface area contributed by atoms with Crippen molar-refractivity contribution in [1.82, 2.24) is 9.78 Å². The van der Waals surface area contributed by atoms with Gasteiger partial charge in [-0.3, -0.25) is 9.48 Å². The fourth-order valence-electron chi connectivity index (χ4n) is 0.912. The zero-order chi connectivity index (χ0) is 11.4. The van der Waals surface area contributed by atoms with E-state index in [2.05, 4.69) is 10.4 Å². The van der Waals surface area contributed by atoms with Gasteiger partial charge >= 0.3 is 0 Å². The SMILES string of the molecule is C[C@@H](N)C(=O)Nc1ccn(CC(F)F)n1. The van der Waals surface area contributed by atoms with E-state index < -0.39 is 24.9 Å². The lowest BCUT2D eigenvalue weighted by atomic mass is 10.3. The number of anilines is 1. The quantitative estimate of drug-likeness (QED) is 0.769. The van der Waals surface area contributed by atoms with E-state index in [1.54, 1.807) is 0 Å². The van der Waals surface area contributed by atoms with E-state index in [1.165, 1.54) is 19.2 Å². The second-order valence-corrected chi connectivity index (χ2v) is 3.09. The molecule has 0 saturated carbocycles. The maximum Gasteiger partial charge on any atom is 0.257 e. The molecule has 0 spiro atoms. The van der Waals surface area contributed by atoms with Crippen LogP contribution in [0.3, 0.4) is 0 Å². The molecular formula is C8H12F2N4O. The Labute approximate surface area is 85.2 Å². The maximum absolute atomic E-state index is 12.0. The van der Waals surface area contributed by atoms with Gasteiger partial charge in [0.15, 0.2) is 5.82 Å². The average molecular weight is 218 g/mol. The molecule has 1 amide bonds. The summed E-state index contributed by atoms with van der Waals surface area (Å²) < 4.78 is 25.0. The Balaban J connectivity index is 2.56. The predicted molar refractivity (Wildman–Crippen MR) is 50.5 cm³/mol. The highest BCUT2D eigenvalue weighted by Crippen LogP contribution is 2.05. The number of hydrogen-bond donors (Lipinski definition) is 2. The summed E-state index contributed by atoms with van der Waals surface area (Å²) >= 11 is 0. The fourth-order valence-corrected chi connectivity index (χ4v) is 0.912. The van der Waals surface area contributed by atoms with E-state index in [-0.39, 0.29) is 5.82 Å². The van der Waals surface area contributed by atoms with Crippen LogP contribution in [-0.2, 0) is 11.3 Å². The Hall–Kier alpha value is -1.50. The van der Waals surface area contributed by atoms with Gasteiger partial charge in [0.25, 0.3) is 6.43 Å². The van der Waals surface area contributed by atoms with E-state index in [4.69, 9.17) is 5.73 Å². The molecule has 1 aromatic heterocycles. The molecule has 0 aromatic carbocycles. The lowest BCUT2D eigenvalue weighted by Crippen LogP contribution is -2.32. The first-order valence-electron chi connectivity index (χ1n) is 4.37. The first-order valence-corrected chi connectivity index (χ1v) is 4.37. The molecule has 0 fully saturated rings. The van der Waals surface area contributed by atoms with Crippen LogP contribution in [0.2, 0.25) is 0 Å². The van der Waals surface area contributed by atoms with Crippen molar-refractivity contribution in [3.05, 3.63) is 12.3 Å². The standard InChI is InChI=1S/C8H12F2N4O/c1-5(11)8(15)12-7-2-3-14(13-7)4-6(9)10/h2-3,5-6H,4,11H2,1H3,(H,12,13,15)/t5-/m1/s1. The summed E-state index contributed by atoms with van der Waals surface area (Å²) in [5.41, 5.74) is 5.30. The molecule has 15 heavy (non-hydrogen) atoms. The van der Waals surface area contributed by atoms with E-state index in [0.717, 1.165) is 4.68 Å². The smallest absolute Gasteiger partial charge is 0.257 e. The summed E-state index contributed by atoms with van der Waals surface area (Å²) in [5, 5.41) is 6.12. The molecule has 5 nitrogen and oxygen atoms in total. The third kappa shape index (κ3) is 3.62. The van der Waals surface area contributed by atoms with Gasteiger partial charge in [-0.2, -0.15) is 5.10 Å². The van der Waals surface area contributed by atoms with Crippen molar-refractivity contribution in [2.75, 3.05) is 5.32 Å². The molecule has 0 aliphatic carbocycles. The third-order valence-electron chi connectivity index (χ3n) is 1.63. The number of nitrogens with two attached hydrogens (primary N) is 1. The van der Waals surface area contributed by atoms with Gasteiger partial charge in [0.2, 0.25) is 5.91 Å². The molecule has 0 aliphatic rings. The first kappa shape index (κ1) is 11.6. The molecular weight excluding hydrogens is 206 g/mol. The number of rotatable bonds is 4. The molecule has 1 rings (SSSR count). The van der Waals surface area contributed by atoms with Crippen molar-refractivity contribution >= 4 is 11.7 Å². The van der Waals surface area contributed by atoms with Gasteiger partial charge in [0.05, 0.1) is 6.04 Å². The van der Waals surface area contributed by atoms with Crippen molar-refractivity contribution in [3.63, 3.8) is 0 Å². The van der Waals surface area contributed by atoms with Crippen LogP contribution in [0.25, 0.3) is 0 Å². The normalized spacial score (nSPS) is 12.9. The van der Waals surface area contributed by atoms with Crippen molar-refractivity contribution < 1.29 is 13.6 Å². The number of hydrogen-bond acceptors (Lipinski definition) is 3. The van der Waals surface area contributed by atoms with Crippen LogP contribution in [0, 0.1) is 0 Å². The van der Waals surface area contributed by atoms with Gasteiger partial charge in [0.1, 0.15) is 6.54 Å². The Bertz CT molecular complexity index is 337. The van der Waals surface area contributed by atoms with Crippen LogP contribution >= 0.6 is 0 Å². The number of alkyl halides is 2. The summed E-state index contributed by atoms with van der Waals surface area (Å²) in [6, 6.07) is 0.771. The highest BCUT2D eigenvalue weighted by atomic mass is 19.3. The van der Waals surface area contributed by atoms with E-state index >= 15 is 0 Å². The highest BCUT2D eigenvalue weighted by Gasteiger charge is 2.10. The molecule has 0 radical (unpaired) electrons. The molecule has 0 aliphatic heterocycles. The Morgan fingerprint density at radius 3 is 2.93 bits per heavy atom. The number of nitrogens with zero attached hydrogens (tertiary/aromatic N) is 2. The number of halogens is 2. The lowest BCUT2D eigenvalue weighted by molar-refractivity contribution is -0.117. The van der Waals surface area contributed by atoms with E-state index in [0.29, 0.717) is 0 Å². The number of carbonyl (C=O) groups is 1. The Morgan fingerprint density at radius 2 is 2.40 bits per heavy atom. The van der Waals surface area contributed by atoms with Crippen molar-refractivity contribution in [1.29, 1.82) is 0 Å². The van der Waals surface area contributed by atoms with Gasteiger partial charge in [-0.15, -0.1) is 0 Å². The lowest BCUT2D eigenvalue weighted by Gasteiger charge is -2.04. The number of nitrogens with one attached hydrogen (secondary N) is 1. The van der Waals surface area contributed by atoms with Crippen LogP contribution in [0.4, 0.5) is 14.6 Å². The minimum absolute atomic E-state index is 0.220. The average Bonchev–Trinajstić information content (AvgIpc) is 2.51. The van der Waals surface area contributed by atoms with E-state index in [1.807, 2.05) is 0 Å². The van der Waals surface area contributed by atoms with Crippen molar-refractivity contribution in [2.24, 2.45) is 5.73 Å². The fraction of sp³-hybridized carbons (Fsp3) is 0.500. The largest absolute Gasteiger partial charge is 0.320 e. The molecule has 3 N–H and O–H groups in total. The van der Waals surface area contributed by atoms with Crippen LogP contribution in [0.15, 0.2) is 12.3 Å². The predicted octanol–water partition coefficient (Wildman–Crippen LogP) is 0.434. The number of amides is 1. The van der Waals surface area contributed by atoms with Crippen LogP contribution < -0.4 is 11.1 Å². The van der Waals surface area contributed by atoms with Gasteiger partial charge in [-0.25, -0.2) is 8.78 Å². The Morgan fingerprint density at radius 1 is 1.73 bits per heavy atom. The molecule has 7 heteroatoms. The zero-order valence-electron chi connectivity index (χ0n) is 8.15. The topological polar surface area (TPSA) is 72.9 Å². The van der Waals surface area contributed by atoms with Gasteiger partial charge < -0.3 is 11.1 Å². The maximum atomic E-state index is 12.0. The summed E-state index contributed by atoms with van der Waals surface area (Å²) in [6.07, 6.45) is -1.11. The van der Waals surface area contributed by atoms with Crippen molar-refractivity contribution in [2.45, 2.75) is 25.9 Å².